The van der Waals surface area contributed by atoms with Crippen LogP contribution >= 0.6 is 11.3 Å². The minimum absolute atomic E-state index is 0.149. The summed E-state index contributed by atoms with van der Waals surface area (Å²) in [7, 11) is 1.59. The van der Waals surface area contributed by atoms with E-state index in [9.17, 15) is 4.79 Å². The first-order valence-electron chi connectivity index (χ1n) is 6.75. The van der Waals surface area contributed by atoms with Crippen LogP contribution in [-0.2, 0) is 11.3 Å². The molecule has 0 saturated carbocycles. The number of hydrogen-bond donors (Lipinski definition) is 1. The zero-order chi connectivity index (χ0) is 15.9. The average Bonchev–Trinajstić information content (AvgIpc) is 2.99. The molecule has 0 aliphatic heterocycles. The van der Waals surface area contributed by atoms with Crippen molar-refractivity contribution < 1.29 is 14.3 Å². The number of aryl methyl sites for hydroxylation is 1. The minimum atomic E-state index is -0.452. The van der Waals surface area contributed by atoms with Crippen LogP contribution in [0.2, 0.25) is 0 Å². The highest BCUT2D eigenvalue weighted by atomic mass is 32.1. The molecule has 0 unspecified atom stereocenters. The van der Waals surface area contributed by atoms with Crippen molar-refractivity contribution in [1.82, 2.24) is 4.98 Å². The molecule has 6 heteroatoms. The Morgan fingerprint density at radius 1 is 1.50 bits per heavy atom. The van der Waals surface area contributed by atoms with E-state index >= 15 is 0 Å². The lowest BCUT2D eigenvalue weighted by Gasteiger charge is -2.09. The first kappa shape index (κ1) is 16.0. The maximum Gasteiger partial charge on any atom is 0.358 e. The second kappa shape index (κ2) is 7.61. The molecule has 2 aromatic rings. The zero-order valence-electron chi connectivity index (χ0n) is 12.6. The summed E-state index contributed by atoms with van der Waals surface area (Å²) >= 11 is 1.35. The van der Waals surface area contributed by atoms with Crippen LogP contribution in [0.4, 0.5) is 5.13 Å². The second-order valence-corrected chi connectivity index (χ2v) is 5.46. The van der Waals surface area contributed by atoms with E-state index in [1.54, 1.807) is 18.6 Å². The molecule has 5 nitrogen and oxygen atoms in total. The molecule has 0 saturated heterocycles. The summed E-state index contributed by atoms with van der Waals surface area (Å²) in [6.07, 6.45) is 1.73. The molecule has 22 heavy (non-hydrogen) atoms. The summed E-state index contributed by atoms with van der Waals surface area (Å²) in [5.74, 6) is 0.247. The predicted octanol–water partition coefficient (Wildman–Crippen LogP) is 3.42. The molecule has 2 rings (SSSR count). The van der Waals surface area contributed by atoms with Crippen LogP contribution in [0.25, 0.3) is 0 Å². The Labute approximate surface area is 133 Å². The third-order valence-corrected chi connectivity index (χ3v) is 3.71. The van der Waals surface area contributed by atoms with Gasteiger partial charge in [-0.1, -0.05) is 17.7 Å². The number of rotatable bonds is 7. The highest BCUT2D eigenvalue weighted by molar-refractivity contribution is 7.13. The normalized spacial score (nSPS) is 10.1. The van der Waals surface area contributed by atoms with Gasteiger partial charge in [-0.15, -0.1) is 17.9 Å². The van der Waals surface area contributed by atoms with Crippen molar-refractivity contribution in [1.29, 1.82) is 0 Å². The van der Waals surface area contributed by atoms with Crippen LogP contribution in [0.3, 0.4) is 0 Å². The molecule has 1 aromatic carbocycles. The number of anilines is 1. The fraction of sp³-hybridized carbons (Fsp3) is 0.250. The van der Waals surface area contributed by atoms with E-state index in [2.05, 4.69) is 16.9 Å². The Hall–Kier alpha value is -2.34. The van der Waals surface area contributed by atoms with Gasteiger partial charge < -0.3 is 14.8 Å². The number of ether oxygens (including phenoxy) is 2. The van der Waals surface area contributed by atoms with Gasteiger partial charge in [0.15, 0.2) is 10.8 Å². The molecular weight excluding hydrogens is 300 g/mol. The van der Waals surface area contributed by atoms with Gasteiger partial charge in [-0.05, 0) is 19.1 Å². The van der Waals surface area contributed by atoms with Gasteiger partial charge in [0.05, 0.1) is 7.11 Å². The zero-order valence-corrected chi connectivity index (χ0v) is 13.4. The Morgan fingerprint density at radius 3 is 3.05 bits per heavy atom. The number of nitrogens with one attached hydrogen (secondary N) is 1. The number of hydrogen-bond acceptors (Lipinski definition) is 6. The fourth-order valence-electron chi connectivity index (χ4n) is 1.85. The number of carbonyl (C=O) groups excluding carboxylic acids is 1. The Morgan fingerprint density at radius 2 is 2.32 bits per heavy atom. The molecule has 0 bridgehead atoms. The molecule has 1 N–H and O–H groups in total. The summed E-state index contributed by atoms with van der Waals surface area (Å²) in [6.45, 7) is 6.34. The molecule has 1 heterocycles. The van der Waals surface area contributed by atoms with Gasteiger partial charge >= 0.3 is 5.97 Å². The van der Waals surface area contributed by atoms with Crippen molar-refractivity contribution in [3.63, 3.8) is 0 Å². The van der Waals surface area contributed by atoms with Crippen LogP contribution in [0.5, 0.6) is 5.75 Å². The van der Waals surface area contributed by atoms with E-state index in [4.69, 9.17) is 9.47 Å². The molecule has 0 amide bonds. The van der Waals surface area contributed by atoms with Gasteiger partial charge in [0, 0.05) is 17.5 Å². The smallest absolute Gasteiger partial charge is 0.358 e. The van der Waals surface area contributed by atoms with Crippen molar-refractivity contribution in [3.05, 3.63) is 53.1 Å². The van der Waals surface area contributed by atoms with E-state index < -0.39 is 5.97 Å². The first-order valence-corrected chi connectivity index (χ1v) is 7.63. The Kier molecular flexibility index (Phi) is 5.55. The van der Waals surface area contributed by atoms with Gasteiger partial charge in [-0.2, -0.15) is 0 Å². The Balaban J connectivity index is 1.99. The number of aromatic nitrogens is 1. The molecule has 0 atom stereocenters. The van der Waals surface area contributed by atoms with E-state index in [1.807, 2.05) is 25.1 Å². The molecular formula is C16H18N2O3S. The minimum Gasteiger partial charge on any atom is -0.496 e. The van der Waals surface area contributed by atoms with Crippen molar-refractivity contribution >= 4 is 22.4 Å². The van der Waals surface area contributed by atoms with E-state index in [-0.39, 0.29) is 6.61 Å². The highest BCUT2D eigenvalue weighted by Crippen LogP contribution is 2.21. The molecule has 1 aromatic heterocycles. The fourth-order valence-corrected chi connectivity index (χ4v) is 2.54. The van der Waals surface area contributed by atoms with E-state index in [0.717, 1.165) is 11.1 Å². The van der Waals surface area contributed by atoms with Crippen molar-refractivity contribution in [2.45, 2.75) is 13.5 Å². The van der Waals surface area contributed by atoms with Gasteiger partial charge in [0.1, 0.15) is 12.4 Å². The van der Waals surface area contributed by atoms with Crippen LogP contribution in [0.1, 0.15) is 21.6 Å². The molecule has 0 aliphatic carbocycles. The standard InChI is InChI=1S/C16H18N2O3S/c1-4-7-17-16-18-13(10-22-16)15(19)21-9-12-8-11(2)5-6-14(12)20-3/h4-6,8,10H,1,7,9H2,2-3H3,(H,17,18). The van der Waals surface area contributed by atoms with Gasteiger partial charge in [0.25, 0.3) is 0 Å². The molecule has 0 spiro atoms. The summed E-state index contributed by atoms with van der Waals surface area (Å²) in [6, 6.07) is 5.74. The van der Waals surface area contributed by atoms with Crippen molar-refractivity contribution in [2.75, 3.05) is 19.0 Å². The first-order chi connectivity index (χ1) is 10.6. The van der Waals surface area contributed by atoms with Gasteiger partial charge in [-0.25, -0.2) is 9.78 Å². The second-order valence-electron chi connectivity index (χ2n) is 4.60. The van der Waals surface area contributed by atoms with Crippen LogP contribution in [0.15, 0.2) is 36.2 Å². The van der Waals surface area contributed by atoms with Gasteiger partial charge in [-0.3, -0.25) is 0 Å². The summed E-state index contributed by atoms with van der Waals surface area (Å²) in [5, 5.41) is 5.37. The summed E-state index contributed by atoms with van der Waals surface area (Å²) in [4.78, 5) is 16.2. The van der Waals surface area contributed by atoms with Crippen molar-refractivity contribution in [2.24, 2.45) is 0 Å². The maximum absolute atomic E-state index is 12.0. The average molecular weight is 318 g/mol. The molecule has 116 valence electrons. The highest BCUT2D eigenvalue weighted by Gasteiger charge is 2.13. The van der Waals surface area contributed by atoms with Crippen LogP contribution < -0.4 is 10.1 Å². The van der Waals surface area contributed by atoms with Crippen molar-refractivity contribution in [3.8, 4) is 5.75 Å². The number of benzene rings is 1. The lowest BCUT2D eigenvalue weighted by atomic mass is 10.1. The summed E-state index contributed by atoms with van der Waals surface area (Å²) in [5.41, 5.74) is 2.20. The number of esters is 1. The SMILES string of the molecule is C=CCNc1nc(C(=O)OCc2cc(C)ccc2OC)cs1. The molecule has 0 fully saturated rings. The lowest BCUT2D eigenvalue weighted by Crippen LogP contribution is -2.07. The third kappa shape index (κ3) is 4.08. The van der Waals surface area contributed by atoms with E-state index in [0.29, 0.717) is 23.1 Å². The lowest BCUT2D eigenvalue weighted by molar-refractivity contribution is 0.0464. The number of carbonyl (C=O) groups is 1. The van der Waals surface area contributed by atoms with Gasteiger partial charge in [0.2, 0.25) is 0 Å². The third-order valence-electron chi connectivity index (χ3n) is 2.91. The monoisotopic (exact) mass is 318 g/mol. The molecule has 0 aliphatic rings. The quantitative estimate of drug-likeness (QED) is 0.626. The predicted molar refractivity (Wildman–Crippen MR) is 87.7 cm³/mol. The van der Waals surface area contributed by atoms with Crippen LogP contribution in [-0.4, -0.2) is 24.6 Å². The number of nitrogens with zero attached hydrogens (tertiary/aromatic N) is 1. The maximum atomic E-state index is 12.0. The Bertz CT molecular complexity index is 667. The van der Waals surface area contributed by atoms with Crippen LogP contribution in [0, 0.1) is 6.92 Å². The molecule has 0 radical (unpaired) electrons. The number of thiazole rings is 1. The summed E-state index contributed by atoms with van der Waals surface area (Å²) < 4.78 is 10.6. The largest absolute Gasteiger partial charge is 0.496 e. The number of methoxy groups -OCH3 is 1. The van der Waals surface area contributed by atoms with E-state index in [1.165, 1.54) is 11.3 Å². The topological polar surface area (TPSA) is 60.5 Å².